The molecule has 0 atom stereocenters. The molecular weight excluding hydrogens is 246 g/mol. The third-order valence-corrected chi connectivity index (χ3v) is 4.00. The fourth-order valence-electron chi connectivity index (χ4n) is 1.92. The first-order valence-corrected chi connectivity index (χ1v) is 6.80. The van der Waals surface area contributed by atoms with Crippen LogP contribution in [0.1, 0.15) is 34.8 Å². The Morgan fingerprint density at radius 2 is 2.06 bits per heavy atom. The molecule has 0 spiro atoms. The molecule has 1 aliphatic carbocycles. The third-order valence-electron chi connectivity index (χ3n) is 3.11. The molecule has 0 bridgehead atoms. The summed E-state index contributed by atoms with van der Waals surface area (Å²) in [6.07, 6.45) is 2.62. The smallest absolute Gasteiger partial charge is 0.357 e. The number of aromatic nitrogens is 1. The van der Waals surface area contributed by atoms with Crippen LogP contribution in [0.15, 0.2) is 29.6 Å². The summed E-state index contributed by atoms with van der Waals surface area (Å²) in [6.45, 7) is 0. The Morgan fingerprint density at radius 1 is 1.33 bits per heavy atom. The van der Waals surface area contributed by atoms with Gasteiger partial charge in [0, 0.05) is 10.9 Å². The SMILES string of the molecule is COC(=O)c1csc(-c2ccc(C3CC3)cc2)n1. The Bertz CT molecular complexity index is 570. The second-order valence-corrected chi connectivity index (χ2v) is 5.28. The lowest BCUT2D eigenvalue weighted by atomic mass is 10.1. The summed E-state index contributed by atoms with van der Waals surface area (Å²) in [4.78, 5) is 15.6. The van der Waals surface area contributed by atoms with Crippen LogP contribution < -0.4 is 0 Å². The van der Waals surface area contributed by atoms with Crippen molar-refractivity contribution in [2.45, 2.75) is 18.8 Å². The summed E-state index contributed by atoms with van der Waals surface area (Å²) < 4.78 is 4.65. The molecule has 1 aromatic heterocycles. The molecule has 18 heavy (non-hydrogen) atoms. The summed E-state index contributed by atoms with van der Waals surface area (Å²) in [7, 11) is 1.37. The topological polar surface area (TPSA) is 39.2 Å². The van der Waals surface area contributed by atoms with Crippen molar-refractivity contribution < 1.29 is 9.53 Å². The molecule has 3 rings (SSSR count). The number of carbonyl (C=O) groups is 1. The van der Waals surface area contributed by atoms with E-state index in [1.54, 1.807) is 5.38 Å². The van der Waals surface area contributed by atoms with Crippen LogP contribution in [-0.2, 0) is 4.74 Å². The molecule has 3 nitrogen and oxygen atoms in total. The van der Waals surface area contributed by atoms with Crippen molar-refractivity contribution in [1.29, 1.82) is 0 Å². The van der Waals surface area contributed by atoms with Gasteiger partial charge in [-0.05, 0) is 24.3 Å². The average Bonchev–Trinajstić information content (AvgIpc) is 3.15. The highest BCUT2D eigenvalue weighted by Crippen LogP contribution is 2.40. The maximum absolute atomic E-state index is 11.3. The van der Waals surface area contributed by atoms with Crippen molar-refractivity contribution in [3.63, 3.8) is 0 Å². The van der Waals surface area contributed by atoms with Gasteiger partial charge in [-0.15, -0.1) is 11.3 Å². The monoisotopic (exact) mass is 259 g/mol. The zero-order chi connectivity index (χ0) is 12.5. The molecule has 1 fully saturated rings. The van der Waals surface area contributed by atoms with Crippen molar-refractivity contribution in [3.8, 4) is 10.6 Å². The zero-order valence-corrected chi connectivity index (χ0v) is 10.9. The molecule has 1 aromatic carbocycles. The Hall–Kier alpha value is -1.68. The van der Waals surface area contributed by atoms with Gasteiger partial charge in [0.05, 0.1) is 7.11 Å². The van der Waals surface area contributed by atoms with Gasteiger partial charge in [0.25, 0.3) is 0 Å². The van der Waals surface area contributed by atoms with Crippen LogP contribution in [0.3, 0.4) is 0 Å². The molecule has 92 valence electrons. The minimum Gasteiger partial charge on any atom is -0.464 e. The zero-order valence-electron chi connectivity index (χ0n) is 10.1. The molecule has 1 saturated carbocycles. The molecular formula is C14H13NO2S. The largest absolute Gasteiger partial charge is 0.464 e. The minimum absolute atomic E-state index is 0.378. The lowest BCUT2D eigenvalue weighted by molar-refractivity contribution is 0.0595. The maximum Gasteiger partial charge on any atom is 0.357 e. The number of carbonyl (C=O) groups excluding carboxylic acids is 1. The van der Waals surface area contributed by atoms with Gasteiger partial charge in [-0.3, -0.25) is 0 Å². The number of rotatable bonds is 3. The number of ether oxygens (including phenoxy) is 1. The van der Waals surface area contributed by atoms with Crippen molar-refractivity contribution in [2.75, 3.05) is 7.11 Å². The highest BCUT2D eigenvalue weighted by molar-refractivity contribution is 7.13. The van der Waals surface area contributed by atoms with E-state index in [4.69, 9.17) is 0 Å². The van der Waals surface area contributed by atoms with Crippen LogP contribution in [-0.4, -0.2) is 18.1 Å². The Morgan fingerprint density at radius 3 is 2.67 bits per heavy atom. The van der Waals surface area contributed by atoms with Crippen LogP contribution >= 0.6 is 11.3 Å². The van der Waals surface area contributed by atoms with E-state index in [1.165, 1.54) is 36.9 Å². The first-order valence-electron chi connectivity index (χ1n) is 5.92. The molecule has 1 heterocycles. The number of nitrogens with zero attached hydrogens (tertiary/aromatic N) is 1. The number of esters is 1. The quantitative estimate of drug-likeness (QED) is 0.792. The standard InChI is InChI=1S/C14H13NO2S/c1-17-14(16)12-8-18-13(15-12)11-6-4-10(5-7-11)9-2-3-9/h4-9H,2-3H2,1H3. The average molecular weight is 259 g/mol. The first kappa shape index (κ1) is 11.4. The number of benzene rings is 1. The van der Waals surface area contributed by atoms with E-state index in [2.05, 4.69) is 34.0 Å². The number of thiazole rings is 1. The van der Waals surface area contributed by atoms with Crippen molar-refractivity contribution in [2.24, 2.45) is 0 Å². The lowest BCUT2D eigenvalue weighted by Gasteiger charge is -1.99. The van der Waals surface area contributed by atoms with Gasteiger partial charge in [-0.2, -0.15) is 0 Å². The summed E-state index contributed by atoms with van der Waals surface area (Å²) in [6, 6.07) is 8.47. The second kappa shape index (κ2) is 4.53. The summed E-state index contributed by atoms with van der Waals surface area (Å²) >= 11 is 1.46. The lowest BCUT2D eigenvalue weighted by Crippen LogP contribution is -2.00. The predicted octanol–water partition coefficient (Wildman–Crippen LogP) is 3.47. The highest BCUT2D eigenvalue weighted by atomic mass is 32.1. The van der Waals surface area contributed by atoms with Gasteiger partial charge in [0.15, 0.2) is 5.69 Å². The molecule has 0 saturated heterocycles. The van der Waals surface area contributed by atoms with E-state index in [0.717, 1.165) is 16.5 Å². The summed E-state index contributed by atoms with van der Waals surface area (Å²) in [5, 5.41) is 2.59. The van der Waals surface area contributed by atoms with Crippen LogP contribution in [0.4, 0.5) is 0 Å². The Kier molecular flexibility index (Phi) is 2.88. The number of methoxy groups -OCH3 is 1. The molecule has 1 aliphatic rings. The highest BCUT2D eigenvalue weighted by Gasteiger charge is 2.23. The van der Waals surface area contributed by atoms with E-state index in [0.29, 0.717) is 5.69 Å². The maximum atomic E-state index is 11.3. The fraction of sp³-hybridized carbons (Fsp3) is 0.286. The normalized spacial score (nSPS) is 14.5. The van der Waals surface area contributed by atoms with Gasteiger partial charge in [0.2, 0.25) is 0 Å². The van der Waals surface area contributed by atoms with Crippen LogP contribution in [0, 0.1) is 0 Å². The van der Waals surface area contributed by atoms with E-state index < -0.39 is 0 Å². The summed E-state index contributed by atoms with van der Waals surface area (Å²) in [5.41, 5.74) is 2.84. The molecule has 0 amide bonds. The van der Waals surface area contributed by atoms with Crippen molar-refractivity contribution in [1.82, 2.24) is 4.98 Å². The third kappa shape index (κ3) is 2.16. The van der Waals surface area contributed by atoms with Gasteiger partial charge in [-0.25, -0.2) is 9.78 Å². The minimum atomic E-state index is -0.382. The summed E-state index contributed by atoms with van der Waals surface area (Å²) in [5.74, 6) is 0.382. The van der Waals surface area contributed by atoms with Crippen molar-refractivity contribution >= 4 is 17.3 Å². The van der Waals surface area contributed by atoms with Crippen LogP contribution in [0.2, 0.25) is 0 Å². The Labute approximate surface area is 109 Å². The van der Waals surface area contributed by atoms with E-state index in [9.17, 15) is 4.79 Å². The van der Waals surface area contributed by atoms with Gasteiger partial charge >= 0.3 is 5.97 Å². The van der Waals surface area contributed by atoms with Gasteiger partial charge in [-0.1, -0.05) is 24.3 Å². The first-order chi connectivity index (χ1) is 8.78. The Balaban J connectivity index is 1.85. The van der Waals surface area contributed by atoms with Crippen LogP contribution in [0.5, 0.6) is 0 Å². The fourth-order valence-corrected chi connectivity index (χ4v) is 2.71. The molecule has 0 radical (unpaired) electrons. The molecule has 2 aromatic rings. The van der Waals surface area contributed by atoms with Crippen molar-refractivity contribution in [3.05, 3.63) is 40.9 Å². The van der Waals surface area contributed by atoms with Gasteiger partial charge in [0.1, 0.15) is 5.01 Å². The molecule has 0 aliphatic heterocycles. The van der Waals surface area contributed by atoms with E-state index >= 15 is 0 Å². The van der Waals surface area contributed by atoms with Gasteiger partial charge < -0.3 is 4.74 Å². The predicted molar refractivity (Wildman–Crippen MR) is 70.9 cm³/mol. The molecule has 4 heteroatoms. The number of hydrogen-bond donors (Lipinski definition) is 0. The molecule has 0 N–H and O–H groups in total. The van der Waals surface area contributed by atoms with Crippen LogP contribution in [0.25, 0.3) is 10.6 Å². The second-order valence-electron chi connectivity index (χ2n) is 4.43. The van der Waals surface area contributed by atoms with E-state index in [-0.39, 0.29) is 5.97 Å². The molecule has 0 unspecified atom stereocenters. The van der Waals surface area contributed by atoms with E-state index in [1.807, 2.05) is 0 Å². The number of hydrogen-bond acceptors (Lipinski definition) is 4.